The van der Waals surface area contributed by atoms with Gasteiger partial charge < -0.3 is 14.8 Å². The average molecular weight is 487 g/mol. The second-order valence-electron chi connectivity index (χ2n) is 8.88. The second kappa shape index (κ2) is 13.8. The van der Waals surface area contributed by atoms with Crippen LogP contribution in [0.2, 0.25) is 0 Å². The zero-order valence-corrected chi connectivity index (χ0v) is 20.1. The number of nitrogens with one attached hydrogen (secondary N) is 1. The van der Waals surface area contributed by atoms with Crippen molar-refractivity contribution in [2.45, 2.75) is 50.9 Å². The van der Waals surface area contributed by atoms with Gasteiger partial charge in [0, 0.05) is 75.9 Å². The minimum Gasteiger partial charge on any atom is -0.381 e. The molecular formula is C25H34N4O6. The van der Waals surface area contributed by atoms with Gasteiger partial charge >= 0.3 is 0 Å². The summed E-state index contributed by atoms with van der Waals surface area (Å²) < 4.78 is 10.6. The molecule has 0 saturated carbocycles. The van der Waals surface area contributed by atoms with Crippen LogP contribution in [0.3, 0.4) is 0 Å². The van der Waals surface area contributed by atoms with E-state index in [9.17, 15) is 20.2 Å². The highest BCUT2D eigenvalue weighted by Crippen LogP contribution is 2.19. The van der Waals surface area contributed by atoms with Gasteiger partial charge in [0.05, 0.1) is 9.85 Å². The Morgan fingerprint density at radius 2 is 1.37 bits per heavy atom. The molecule has 0 radical (unpaired) electrons. The van der Waals surface area contributed by atoms with E-state index in [0.717, 1.165) is 69.8 Å². The number of rotatable bonds is 8. The number of hydrogen-bond acceptors (Lipinski definition) is 8. The Morgan fingerprint density at radius 1 is 0.857 bits per heavy atom. The van der Waals surface area contributed by atoms with E-state index < -0.39 is 0 Å². The third-order valence-corrected chi connectivity index (χ3v) is 6.31. The van der Waals surface area contributed by atoms with Crippen LogP contribution in [0.4, 0.5) is 11.4 Å². The second-order valence-corrected chi connectivity index (χ2v) is 8.88. The Labute approximate surface area is 205 Å². The molecule has 10 heteroatoms. The van der Waals surface area contributed by atoms with Gasteiger partial charge in [0.1, 0.15) is 0 Å². The minimum atomic E-state index is -0.363. The molecule has 0 atom stereocenters. The fraction of sp³-hybridized carbons (Fsp3) is 0.520. The highest BCUT2D eigenvalue weighted by atomic mass is 16.6. The van der Waals surface area contributed by atoms with E-state index in [1.165, 1.54) is 12.1 Å². The summed E-state index contributed by atoms with van der Waals surface area (Å²) in [6.07, 6.45) is 4.08. The number of nitro benzene ring substituents is 2. The molecule has 2 saturated heterocycles. The van der Waals surface area contributed by atoms with Crippen molar-refractivity contribution in [3.63, 3.8) is 0 Å². The van der Waals surface area contributed by atoms with Crippen molar-refractivity contribution in [2.75, 3.05) is 33.5 Å². The molecule has 2 aromatic carbocycles. The van der Waals surface area contributed by atoms with Crippen molar-refractivity contribution in [1.29, 1.82) is 0 Å². The van der Waals surface area contributed by atoms with Crippen LogP contribution in [0, 0.1) is 20.2 Å². The van der Waals surface area contributed by atoms with E-state index in [2.05, 4.69) is 17.3 Å². The first-order valence-electron chi connectivity index (χ1n) is 12.0. The van der Waals surface area contributed by atoms with Crippen LogP contribution in [0.1, 0.15) is 36.8 Å². The summed E-state index contributed by atoms with van der Waals surface area (Å²) in [5.41, 5.74) is 2.24. The molecule has 0 bridgehead atoms. The fourth-order valence-corrected chi connectivity index (χ4v) is 4.26. The first-order chi connectivity index (χ1) is 16.9. The van der Waals surface area contributed by atoms with Crippen molar-refractivity contribution in [2.24, 2.45) is 0 Å². The van der Waals surface area contributed by atoms with Gasteiger partial charge in [-0.05, 0) is 43.9 Å². The quantitative estimate of drug-likeness (QED) is 0.438. The molecule has 2 aliphatic heterocycles. The smallest absolute Gasteiger partial charge is 0.269 e. The van der Waals surface area contributed by atoms with Crippen molar-refractivity contribution in [3.8, 4) is 0 Å². The van der Waals surface area contributed by atoms with E-state index >= 15 is 0 Å². The molecule has 1 N–H and O–H groups in total. The highest BCUT2D eigenvalue weighted by Gasteiger charge is 2.19. The first kappa shape index (κ1) is 26.7. The Bertz CT molecular complexity index is 960. The van der Waals surface area contributed by atoms with Gasteiger partial charge in [-0.15, -0.1) is 0 Å². The molecule has 0 unspecified atom stereocenters. The lowest BCUT2D eigenvalue weighted by molar-refractivity contribution is -0.385. The summed E-state index contributed by atoms with van der Waals surface area (Å²) in [5.74, 6) is 0. The molecule has 0 aromatic heterocycles. The van der Waals surface area contributed by atoms with Gasteiger partial charge in [-0.25, -0.2) is 0 Å². The van der Waals surface area contributed by atoms with Crippen LogP contribution in [0.5, 0.6) is 0 Å². The van der Waals surface area contributed by atoms with Gasteiger partial charge in [-0.3, -0.25) is 25.1 Å². The largest absolute Gasteiger partial charge is 0.381 e. The zero-order valence-electron chi connectivity index (χ0n) is 20.1. The molecule has 2 fully saturated rings. The maximum Gasteiger partial charge on any atom is 0.269 e. The topological polar surface area (TPSA) is 120 Å². The van der Waals surface area contributed by atoms with Crippen molar-refractivity contribution in [3.05, 3.63) is 79.9 Å². The lowest BCUT2D eigenvalue weighted by atomic mass is 10.1. The average Bonchev–Trinajstić information content (AvgIpc) is 2.89. The number of benzene rings is 2. The Morgan fingerprint density at radius 3 is 1.94 bits per heavy atom. The van der Waals surface area contributed by atoms with Gasteiger partial charge in [-0.1, -0.05) is 24.3 Å². The van der Waals surface area contributed by atoms with E-state index in [-0.39, 0.29) is 21.2 Å². The van der Waals surface area contributed by atoms with Crippen LogP contribution in [0.15, 0.2) is 48.5 Å². The summed E-state index contributed by atoms with van der Waals surface area (Å²) in [5, 5.41) is 24.7. The summed E-state index contributed by atoms with van der Waals surface area (Å²) in [4.78, 5) is 22.9. The van der Waals surface area contributed by atoms with Crippen LogP contribution < -0.4 is 5.32 Å². The lowest BCUT2D eigenvalue weighted by Gasteiger charge is -2.31. The summed E-state index contributed by atoms with van der Waals surface area (Å²) in [6.45, 7) is 4.63. The maximum absolute atomic E-state index is 10.7. The standard InChI is InChI=1S/C13H18N2O3.C12H16N2O3/c1-14(12-5-7-18-8-6-12)10-11-3-2-4-13(9-11)15(16)17;15-14(16)12-3-1-2-10(8-12)9-13-11-4-6-17-7-5-11/h2-4,9,12H,5-8,10H2,1H3;1-3,8,11,13H,4-7,9H2. The number of nitrogens with zero attached hydrogens (tertiary/aromatic N) is 3. The van der Waals surface area contributed by atoms with Crippen LogP contribution >= 0.6 is 0 Å². The molecule has 0 aliphatic carbocycles. The molecule has 35 heavy (non-hydrogen) atoms. The van der Waals surface area contributed by atoms with Crippen molar-refractivity contribution in [1.82, 2.24) is 10.2 Å². The molecule has 2 heterocycles. The molecule has 4 rings (SSSR count). The number of ether oxygens (including phenoxy) is 2. The molecule has 2 aromatic rings. The zero-order chi connectivity index (χ0) is 25.0. The molecular weight excluding hydrogens is 452 g/mol. The Balaban J connectivity index is 0.000000196. The SMILES string of the molecule is CN(Cc1cccc([N+](=O)[O-])c1)C1CCOCC1.O=[N+]([O-])c1cccc(CNC2CCOCC2)c1. The van der Waals surface area contributed by atoms with E-state index in [1.807, 2.05) is 12.1 Å². The maximum atomic E-state index is 10.7. The predicted molar refractivity (Wildman–Crippen MR) is 132 cm³/mol. The monoisotopic (exact) mass is 486 g/mol. The van der Waals surface area contributed by atoms with Crippen molar-refractivity contribution >= 4 is 11.4 Å². The summed E-state index contributed by atoms with van der Waals surface area (Å²) in [6, 6.07) is 14.6. The molecule has 190 valence electrons. The summed E-state index contributed by atoms with van der Waals surface area (Å²) in [7, 11) is 2.06. The van der Waals surface area contributed by atoms with Crippen LogP contribution in [-0.4, -0.2) is 60.3 Å². The fourth-order valence-electron chi connectivity index (χ4n) is 4.26. The molecule has 10 nitrogen and oxygen atoms in total. The van der Waals surface area contributed by atoms with Gasteiger partial charge in [0.25, 0.3) is 11.4 Å². The molecule has 2 aliphatic rings. The molecule has 0 spiro atoms. The van der Waals surface area contributed by atoms with Gasteiger partial charge in [0.2, 0.25) is 0 Å². The number of nitro groups is 2. The molecule has 0 amide bonds. The van der Waals surface area contributed by atoms with Crippen molar-refractivity contribution < 1.29 is 19.3 Å². The summed E-state index contributed by atoms with van der Waals surface area (Å²) >= 11 is 0. The van der Waals surface area contributed by atoms with E-state index in [0.29, 0.717) is 18.6 Å². The van der Waals surface area contributed by atoms with Gasteiger partial charge in [-0.2, -0.15) is 0 Å². The van der Waals surface area contributed by atoms with E-state index in [4.69, 9.17) is 9.47 Å². The number of non-ortho nitro benzene ring substituents is 2. The third kappa shape index (κ3) is 8.99. The first-order valence-corrected chi connectivity index (χ1v) is 12.0. The minimum absolute atomic E-state index is 0.149. The Kier molecular flexibility index (Phi) is 10.5. The lowest BCUT2D eigenvalue weighted by Crippen LogP contribution is -2.36. The number of hydrogen-bond donors (Lipinski definition) is 1. The normalized spacial score (nSPS) is 17.0. The van der Waals surface area contributed by atoms with E-state index in [1.54, 1.807) is 24.3 Å². The predicted octanol–water partition coefficient (Wildman–Crippen LogP) is 4.07. The van der Waals surface area contributed by atoms with Crippen LogP contribution in [-0.2, 0) is 22.6 Å². The van der Waals surface area contributed by atoms with Gasteiger partial charge in [0.15, 0.2) is 0 Å². The van der Waals surface area contributed by atoms with Crippen LogP contribution in [0.25, 0.3) is 0 Å². The Hall–Kier alpha value is -2.92. The highest BCUT2D eigenvalue weighted by molar-refractivity contribution is 5.34. The third-order valence-electron chi connectivity index (χ3n) is 6.31.